The molecule has 0 heterocycles. The number of nitrogens with zero attached hydrogens (tertiary/aromatic N) is 1. The van der Waals surface area contributed by atoms with Gasteiger partial charge >= 0.3 is 6.18 Å². The van der Waals surface area contributed by atoms with Crippen LogP contribution in [-0.2, 0) is 4.79 Å². The van der Waals surface area contributed by atoms with Crippen molar-refractivity contribution in [3.05, 3.63) is 11.3 Å². The molecule has 80 valence electrons. The van der Waals surface area contributed by atoms with E-state index >= 15 is 0 Å². The van der Waals surface area contributed by atoms with E-state index in [0.717, 1.165) is 6.21 Å². The van der Waals surface area contributed by atoms with Crippen LogP contribution < -0.4 is 5.32 Å². The van der Waals surface area contributed by atoms with Crippen LogP contribution in [0.1, 0.15) is 6.92 Å². The minimum Gasteiger partial charge on any atom is -0.391 e. The van der Waals surface area contributed by atoms with Gasteiger partial charge in [0.05, 0.1) is 5.57 Å². The SMILES string of the molecule is CN=CC(C(=O)C(F)(F)F)=C(C)NC. The van der Waals surface area contributed by atoms with Gasteiger partial charge in [0.1, 0.15) is 0 Å². The van der Waals surface area contributed by atoms with Gasteiger partial charge in [0.15, 0.2) is 0 Å². The maximum absolute atomic E-state index is 12.0. The van der Waals surface area contributed by atoms with E-state index in [1.165, 1.54) is 21.0 Å². The molecule has 6 heteroatoms. The third-order valence-corrected chi connectivity index (χ3v) is 1.54. The Labute approximate surface area is 79.7 Å². The zero-order valence-electron chi connectivity index (χ0n) is 8.07. The lowest BCUT2D eigenvalue weighted by Gasteiger charge is -2.08. The standard InChI is InChI=1S/C8H11F3N2O/c1-5(13-3)6(4-12-2)7(14)8(9,10)11/h4,13H,1-3H3. The summed E-state index contributed by atoms with van der Waals surface area (Å²) in [6.07, 6.45) is -3.98. The van der Waals surface area contributed by atoms with Crippen LogP contribution >= 0.6 is 0 Å². The van der Waals surface area contributed by atoms with Crippen molar-refractivity contribution in [3.8, 4) is 0 Å². The molecular formula is C8H11F3N2O. The van der Waals surface area contributed by atoms with Crippen LogP contribution in [-0.4, -0.2) is 32.3 Å². The highest BCUT2D eigenvalue weighted by Gasteiger charge is 2.40. The summed E-state index contributed by atoms with van der Waals surface area (Å²) in [5.41, 5.74) is -0.333. The quantitative estimate of drug-likeness (QED) is 0.561. The third kappa shape index (κ3) is 3.20. The second-order valence-electron chi connectivity index (χ2n) is 2.50. The monoisotopic (exact) mass is 208 g/mol. The number of allylic oxidation sites excluding steroid dienone is 2. The lowest BCUT2D eigenvalue weighted by molar-refractivity contribution is -0.166. The fourth-order valence-corrected chi connectivity index (χ4v) is 0.742. The Bertz CT molecular complexity index is 279. The van der Waals surface area contributed by atoms with Crippen molar-refractivity contribution in [3.63, 3.8) is 0 Å². The molecule has 3 nitrogen and oxygen atoms in total. The Kier molecular flexibility index (Phi) is 4.33. The molecule has 14 heavy (non-hydrogen) atoms. The molecule has 1 N–H and O–H groups in total. The highest BCUT2D eigenvalue weighted by molar-refractivity contribution is 6.16. The van der Waals surface area contributed by atoms with E-state index in [9.17, 15) is 18.0 Å². The van der Waals surface area contributed by atoms with Crippen molar-refractivity contribution in [1.29, 1.82) is 0 Å². The van der Waals surface area contributed by atoms with E-state index in [1.54, 1.807) is 0 Å². The van der Waals surface area contributed by atoms with Crippen molar-refractivity contribution in [1.82, 2.24) is 5.32 Å². The number of alkyl halides is 3. The van der Waals surface area contributed by atoms with Crippen molar-refractivity contribution in [2.24, 2.45) is 4.99 Å². The van der Waals surface area contributed by atoms with E-state index in [-0.39, 0.29) is 5.70 Å². The van der Waals surface area contributed by atoms with Gasteiger partial charge in [-0.15, -0.1) is 0 Å². The number of halogens is 3. The number of nitrogens with one attached hydrogen (secondary N) is 1. The van der Waals surface area contributed by atoms with Gasteiger partial charge in [0.2, 0.25) is 0 Å². The van der Waals surface area contributed by atoms with Crippen molar-refractivity contribution in [2.75, 3.05) is 14.1 Å². The van der Waals surface area contributed by atoms with Crippen LogP contribution in [0.3, 0.4) is 0 Å². The molecule has 0 saturated carbocycles. The fraction of sp³-hybridized carbons (Fsp3) is 0.500. The van der Waals surface area contributed by atoms with E-state index < -0.39 is 17.5 Å². The minimum atomic E-state index is -4.87. The first-order chi connectivity index (χ1) is 6.34. The number of rotatable bonds is 3. The molecule has 0 amide bonds. The minimum absolute atomic E-state index is 0.137. The molecule has 0 rings (SSSR count). The summed E-state index contributed by atoms with van der Waals surface area (Å²) in [6.45, 7) is 1.38. The Balaban J connectivity index is 5.16. The maximum atomic E-state index is 12.0. The Morgan fingerprint density at radius 2 is 1.93 bits per heavy atom. The summed E-state index contributed by atoms with van der Waals surface area (Å²) in [6, 6.07) is 0. The van der Waals surface area contributed by atoms with Crippen molar-refractivity contribution in [2.45, 2.75) is 13.1 Å². The van der Waals surface area contributed by atoms with E-state index in [0.29, 0.717) is 0 Å². The molecule has 0 aliphatic carbocycles. The fourth-order valence-electron chi connectivity index (χ4n) is 0.742. The molecule has 0 aliphatic rings. The molecule has 0 bridgehead atoms. The normalized spacial score (nSPS) is 14.1. The Morgan fingerprint density at radius 3 is 2.21 bits per heavy atom. The van der Waals surface area contributed by atoms with Gasteiger partial charge < -0.3 is 5.32 Å². The number of hydrogen-bond donors (Lipinski definition) is 1. The number of carbonyl (C=O) groups is 1. The van der Waals surface area contributed by atoms with Crippen LogP contribution in [0.5, 0.6) is 0 Å². The summed E-state index contributed by atoms with van der Waals surface area (Å²) in [7, 11) is 2.73. The van der Waals surface area contributed by atoms with Crippen LogP contribution in [0.4, 0.5) is 13.2 Å². The summed E-state index contributed by atoms with van der Waals surface area (Å²) in [4.78, 5) is 14.2. The summed E-state index contributed by atoms with van der Waals surface area (Å²) < 4.78 is 36.1. The molecule has 0 saturated heterocycles. The average molecular weight is 208 g/mol. The summed E-state index contributed by atoms with van der Waals surface area (Å²) in [5.74, 6) is -1.89. The molecule has 0 aromatic carbocycles. The van der Waals surface area contributed by atoms with Crippen LogP contribution in [0, 0.1) is 0 Å². The molecular weight excluding hydrogens is 197 g/mol. The summed E-state index contributed by atoms with van der Waals surface area (Å²) >= 11 is 0. The molecule has 0 atom stereocenters. The van der Waals surface area contributed by atoms with Gasteiger partial charge in [0, 0.05) is 26.0 Å². The molecule has 0 fully saturated rings. The molecule has 0 unspecified atom stereocenters. The second-order valence-corrected chi connectivity index (χ2v) is 2.50. The average Bonchev–Trinajstić information content (AvgIpc) is 2.10. The molecule has 0 aromatic heterocycles. The highest BCUT2D eigenvalue weighted by atomic mass is 19.4. The molecule has 0 spiro atoms. The Morgan fingerprint density at radius 1 is 1.43 bits per heavy atom. The molecule has 0 aliphatic heterocycles. The number of ketones is 1. The van der Waals surface area contributed by atoms with Gasteiger partial charge in [-0.1, -0.05) is 0 Å². The van der Waals surface area contributed by atoms with Crippen LogP contribution in [0.25, 0.3) is 0 Å². The largest absolute Gasteiger partial charge is 0.454 e. The number of aliphatic imine (C=N–C) groups is 1. The zero-order chi connectivity index (χ0) is 11.4. The van der Waals surface area contributed by atoms with E-state index in [2.05, 4.69) is 10.3 Å². The van der Waals surface area contributed by atoms with Crippen molar-refractivity contribution < 1.29 is 18.0 Å². The Hall–Kier alpha value is -1.33. The lowest BCUT2D eigenvalue weighted by atomic mass is 10.1. The predicted octanol–water partition coefficient (Wildman–Crippen LogP) is 1.31. The third-order valence-electron chi connectivity index (χ3n) is 1.54. The zero-order valence-corrected chi connectivity index (χ0v) is 8.07. The van der Waals surface area contributed by atoms with E-state index in [1.807, 2.05) is 0 Å². The first kappa shape index (κ1) is 12.7. The summed E-state index contributed by atoms with van der Waals surface area (Å²) in [5, 5.41) is 2.47. The highest BCUT2D eigenvalue weighted by Crippen LogP contribution is 2.21. The number of carbonyl (C=O) groups excluding carboxylic acids is 1. The van der Waals surface area contributed by atoms with Crippen molar-refractivity contribution >= 4 is 12.0 Å². The predicted molar refractivity (Wildman–Crippen MR) is 47.2 cm³/mol. The second kappa shape index (κ2) is 4.78. The topological polar surface area (TPSA) is 41.5 Å². The van der Waals surface area contributed by atoms with Gasteiger partial charge in [-0.3, -0.25) is 9.79 Å². The number of hydrogen-bond acceptors (Lipinski definition) is 3. The van der Waals surface area contributed by atoms with Gasteiger partial charge in [-0.2, -0.15) is 13.2 Å². The van der Waals surface area contributed by atoms with Gasteiger partial charge in [0.25, 0.3) is 5.78 Å². The first-order valence-corrected chi connectivity index (χ1v) is 3.77. The van der Waals surface area contributed by atoms with Gasteiger partial charge in [-0.25, -0.2) is 0 Å². The maximum Gasteiger partial charge on any atom is 0.454 e. The molecule has 0 aromatic rings. The molecule has 0 radical (unpaired) electrons. The van der Waals surface area contributed by atoms with Crippen LogP contribution in [0.2, 0.25) is 0 Å². The first-order valence-electron chi connectivity index (χ1n) is 3.77. The van der Waals surface area contributed by atoms with Gasteiger partial charge in [-0.05, 0) is 6.92 Å². The van der Waals surface area contributed by atoms with E-state index in [4.69, 9.17) is 0 Å². The number of Topliss-reactive ketones (excluding diaryl/α,β-unsaturated/α-hetero) is 1. The lowest BCUT2D eigenvalue weighted by Crippen LogP contribution is -2.27. The smallest absolute Gasteiger partial charge is 0.391 e. The van der Waals surface area contributed by atoms with Crippen LogP contribution in [0.15, 0.2) is 16.3 Å².